The highest BCUT2D eigenvalue weighted by molar-refractivity contribution is 6.69. The van der Waals surface area contributed by atoms with Gasteiger partial charge in [-0.25, -0.2) is 0 Å². The summed E-state index contributed by atoms with van der Waals surface area (Å²) in [6.07, 6.45) is 1.43. The van der Waals surface area contributed by atoms with Gasteiger partial charge in [0.25, 0.3) is 0 Å². The van der Waals surface area contributed by atoms with Crippen LogP contribution in [0.1, 0.15) is 22.3 Å². The van der Waals surface area contributed by atoms with Crippen molar-refractivity contribution in [1.29, 1.82) is 0 Å². The maximum atomic E-state index is 10.1. The Morgan fingerprint density at radius 1 is 0.667 bits per heavy atom. The van der Waals surface area contributed by atoms with Gasteiger partial charge in [0, 0.05) is 0 Å². The largest absolute Gasteiger partial charge is 0.465 e. The predicted octanol–water partition coefficient (Wildman–Crippen LogP) is 0.0953. The van der Waals surface area contributed by atoms with Crippen LogP contribution in [0.4, 0.5) is 0 Å². The minimum absolute atomic E-state index is 0.556. The molecule has 0 spiro atoms. The third-order valence-electron chi connectivity index (χ3n) is 4.40. The third-order valence-corrected chi connectivity index (χ3v) is 4.40. The minimum Gasteiger partial charge on any atom is -0.427 e. The normalized spacial score (nSPS) is 15.6. The van der Waals surface area contributed by atoms with Gasteiger partial charge in [-0.3, -0.25) is 0 Å². The SMILES string of the molecule is OB(O)C1(B(O)O)c2ccccc2CCc2ccccc21. The topological polar surface area (TPSA) is 80.9 Å². The van der Waals surface area contributed by atoms with Gasteiger partial charge in [0.1, 0.15) is 0 Å². The van der Waals surface area contributed by atoms with Crippen molar-refractivity contribution in [3.63, 3.8) is 0 Å². The molecule has 21 heavy (non-hydrogen) atoms. The first-order valence-corrected chi connectivity index (χ1v) is 6.97. The second-order valence-corrected chi connectivity index (χ2v) is 5.43. The summed E-state index contributed by atoms with van der Waals surface area (Å²) in [5.74, 6) is 0. The zero-order valence-corrected chi connectivity index (χ0v) is 11.5. The minimum atomic E-state index is -1.92. The standard InChI is InChI=1S/C15H16B2O4/c18-16(19)15(17(20)21)13-7-3-1-5-11(13)9-10-12-6-2-4-8-14(12)15/h1-8,18-21H,9-10H2. The summed E-state index contributed by atoms with van der Waals surface area (Å²) in [7, 11) is -3.84. The lowest BCUT2D eigenvalue weighted by atomic mass is 9.34. The number of aryl methyl sites for hydroxylation is 2. The number of rotatable bonds is 2. The zero-order valence-electron chi connectivity index (χ0n) is 11.5. The quantitative estimate of drug-likeness (QED) is 0.589. The lowest BCUT2D eigenvalue weighted by molar-refractivity contribution is 0.336. The lowest BCUT2D eigenvalue weighted by Gasteiger charge is -2.34. The fourth-order valence-electron chi connectivity index (χ4n) is 3.39. The number of hydrogen-bond acceptors (Lipinski definition) is 4. The summed E-state index contributed by atoms with van der Waals surface area (Å²) < 4.78 is 0. The molecule has 2 aromatic carbocycles. The van der Waals surface area contributed by atoms with E-state index in [1.807, 2.05) is 24.3 Å². The molecule has 0 fully saturated rings. The van der Waals surface area contributed by atoms with Crippen molar-refractivity contribution in [2.24, 2.45) is 0 Å². The van der Waals surface area contributed by atoms with Crippen LogP contribution in [0.15, 0.2) is 48.5 Å². The van der Waals surface area contributed by atoms with Crippen molar-refractivity contribution in [1.82, 2.24) is 0 Å². The molecule has 0 saturated carbocycles. The van der Waals surface area contributed by atoms with Crippen molar-refractivity contribution in [2.45, 2.75) is 18.1 Å². The van der Waals surface area contributed by atoms with Crippen LogP contribution in [-0.2, 0) is 18.1 Å². The molecule has 4 N–H and O–H groups in total. The lowest BCUT2D eigenvalue weighted by Crippen LogP contribution is -2.57. The van der Waals surface area contributed by atoms with Crippen molar-refractivity contribution in [2.75, 3.05) is 0 Å². The van der Waals surface area contributed by atoms with E-state index in [0.29, 0.717) is 24.0 Å². The molecular weight excluding hydrogens is 266 g/mol. The number of hydrogen-bond donors (Lipinski definition) is 4. The predicted molar refractivity (Wildman–Crippen MR) is 81.5 cm³/mol. The van der Waals surface area contributed by atoms with Gasteiger partial charge in [0.05, 0.1) is 5.21 Å². The molecule has 3 rings (SSSR count). The van der Waals surface area contributed by atoms with Crippen LogP contribution in [0, 0.1) is 0 Å². The van der Waals surface area contributed by atoms with Crippen molar-refractivity contribution >= 4 is 14.2 Å². The molecule has 1 aliphatic carbocycles. The van der Waals surface area contributed by atoms with Gasteiger partial charge >= 0.3 is 14.2 Å². The van der Waals surface area contributed by atoms with Gasteiger partial charge in [-0.15, -0.1) is 0 Å². The van der Waals surface area contributed by atoms with Crippen LogP contribution in [0.2, 0.25) is 0 Å². The highest BCUT2D eigenvalue weighted by atomic mass is 16.4. The Labute approximate surface area is 124 Å². The van der Waals surface area contributed by atoms with Gasteiger partial charge in [-0.05, 0) is 35.1 Å². The molecule has 2 aromatic rings. The second kappa shape index (κ2) is 5.31. The van der Waals surface area contributed by atoms with E-state index in [2.05, 4.69) is 0 Å². The van der Waals surface area contributed by atoms with Crippen LogP contribution < -0.4 is 0 Å². The van der Waals surface area contributed by atoms with Crippen LogP contribution in [0.5, 0.6) is 0 Å². The molecule has 0 bridgehead atoms. The third kappa shape index (κ3) is 2.03. The summed E-state index contributed by atoms with van der Waals surface area (Å²) in [6.45, 7) is 0. The molecule has 1 aliphatic rings. The first kappa shape index (κ1) is 14.4. The van der Waals surface area contributed by atoms with Crippen molar-refractivity contribution in [3.8, 4) is 0 Å². The Balaban J connectivity index is 2.39. The molecule has 0 aliphatic heterocycles. The molecule has 0 unspecified atom stereocenters. The molecule has 0 heterocycles. The smallest absolute Gasteiger partial charge is 0.427 e. The second-order valence-electron chi connectivity index (χ2n) is 5.43. The van der Waals surface area contributed by atoms with Crippen LogP contribution >= 0.6 is 0 Å². The Morgan fingerprint density at radius 2 is 1.05 bits per heavy atom. The molecule has 4 nitrogen and oxygen atoms in total. The van der Waals surface area contributed by atoms with Gasteiger partial charge < -0.3 is 20.1 Å². The molecular formula is C15H16B2O4. The first-order valence-electron chi connectivity index (χ1n) is 6.97. The van der Waals surface area contributed by atoms with E-state index in [0.717, 1.165) is 11.1 Å². The first-order chi connectivity index (χ1) is 10.1. The van der Waals surface area contributed by atoms with E-state index in [4.69, 9.17) is 0 Å². The van der Waals surface area contributed by atoms with E-state index >= 15 is 0 Å². The van der Waals surface area contributed by atoms with E-state index in [1.165, 1.54) is 0 Å². The molecule has 0 atom stereocenters. The highest BCUT2D eigenvalue weighted by Gasteiger charge is 2.56. The van der Waals surface area contributed by atoms with Gasteiger partial charge in [-0.1, -0.05) is 48.5 Å². The average molecular weight is 282 g/mol. The van der Waals surface area contributed by atoms with Gasteiger partial charge in [0.2, 0.25) is 0 Å². The molecule has 0 saturated heterocycles. The van der Waals surface area contributed by atoms with Gasteiger partial charge in [-0.2, -0.15) is 0 Å². The number of fused-ring (bicyclic) bond motifs is 2. The Kier molecular flexibility index (Phi) is 3.63. The molecule has 0 radical (unpaired) electrons. The van der Waals surface area contributed by atoms with Crippen molar-refractivity contribution in [3.05, 3.63) is 70.8 Å². The van der Waals surface area contributed by atoms with Crippen LogP contribution in [-0.4, -0.2) is 34.3 Å². The van der Waals surface area contributed by atoms with Crippen LogP contribution in [0.3, 0.4) is 0 Å². The summed E-state index contributed by atoms with van der Waals surface area (Å²) in [4.78, 5) is 0. The average Bonchev–Trinajstić information content (AvgIpc) is 2.62. The molecule has 0 aromatic heterocycles. The summed E-state index contributed by atoms with van der Waals surface area (Å²) in [5.41, 5.74) is 2.91. The summed E-state index contributed by atoms with van der Waals surface area (Å²) >= 11 is 0. The molecule has 106 valence electrons. The maximum absolute atomic E-state index is 10.1. The molecule has 6 heteroatoms. The Bertz CT molecular complexity index is 600. The van der Waals surface area contributed by atoms with E-state index in [9.17, 15) is 20.1 Å². The zero-order chi connectivity index (χ0) is 15.0. The summed E-state index contributed by atoms with van der Waals surface area (Å²) in [6, 6.07) is 14.5. The maximum Gasteiger partial charge on any atom is 0.465 e. The molecule has 0 amide bonds. The number of benzene rings is 2. The Hall–Kier alpha value is -1.59. The van der Waals surface area contributed by atoms with Crippen LogP contribution in [0.25, 0.3) is 0 Å². The van der Waals surface area contributed by atoms with Gasteiger partial charge in [0.15, 0.2) is 0 Å². The summed E-state index contributed by atoms with van der Waals surface area (Å²) in [5, 5.41) is 38.6. The highest BCUT2D eigenvalue weighted by Crippen LogP contribution is 2.41. The van der Waals surface area contributed by atoms with E-state index in [1.54, 1.807) is 24.3 Å². The fourth-order valence-corrected chi connectivity index (χ4v) is 3.39. The fraction of sp³-hybridized carbons (Fsp3) is 0.200. The van der Waals surface area contributed by atoms with E-state index < -0.39 is 19.5 Å². The van der Waals surface area contributed by atoms with Crippen molar-refractivity contribution < 1.29 is 20.1 Å². The van der Waals surface area contributed by atoms with E-state index in [-0.39, 0.29) is 0 Å². The Morgan fingerprint density at radius 3 is 1.43 bits per heavy atom. The monoisotopic (exact) mass is 282 g/mol.